The molecule has 254 valence electrons. The number of piperidine rings is 1. The number of amides is 1. The van der Waals surface area contributed by atoms with Crippen LogP contribution in [0, 0.1) is 35.5 Å². The van der Waals surface area contributed by atoms with Crippen LogP contribution >= 0.6 is 45.9 Å². The van der Waals surface area contributed by atoms with Crippen molar-refractivity contribution in [1.82, 2.24) is 14.9 Å². The van der Waals surface area contributed by atoms with E-state index in [0.29, 0.717) is 64.4 Å². The fraction of sp³-hybridized carbons (Fsp3) is 0.600. The van der Waals surface area contributed by atoms with E-state index in [2.05, 4.69) is 20.1 Å². The highest BCUT2D eigenvalue weighted by Gasteiger charge is 2.54. The van der Waals surface area contributed by atoms with Crippen LogP contribution in [0.15, 0.2) is 23.7 Å². The van der Waals surface area contributed by atoms with Gasteiger partial charge in [0.15, 0.2) is 5.13 Å². The van der Waals surface area contributed by atoms with Crippen LogP contribution in [0.25, 0.3) is 10.6 Å². The number of thiophene rings is 1. The lowest BCUT2D eigenvalue weighted by Gasteiger charge is -2.57. The molecule has 7 fully saturated rings. The fourth-order valence-corrected chi connectivity index (χ4v) is 12.8. The van der Waals surface area contributed by atoms with E-state index >= 15 is 0 Å². The van der Waals surface area contributed by atoms with Crippen LogP contribution in [0.4, 0.5) is 16.0 Å². The van der Waals surface area contributed by atoms with Gasteiger partial charge in [0, 0.05) is 49.8 Å². The number of carboxylic acids is 1. The molecule has 1 amide bonds. The van der Waals surface area contributed by atoms with Crippen molar-refractivity contribution in [3.05, 3.63) is 39.3 Å². The third-order valence-electron chi connectivity index (χ3n) is 12.3. The van der Waals surface area contributed by atoms with Crippen molar-refractivity contribution < 1.29 is 14.7 Å². The standard InChI is InChI=1S/C35H40Cl2N6O3S2/c36-25-13-28(47-17-25)29-33(42-15-21-3-6-43(27(21)16-42)30-22-8-18-7-19(10-22)11-23(30)9-18)48-35(39-29)40-32(44)24-12-26(37)31(38-14-24)41-4-1-20(2-5-41)34(45)46/h12-14,17-23,27,30H,1-11,15-16H2,(H,45,46)(H,39,40,44)/t18-,19+,21?,22-,23+,27?,30?. The Labute approximate surface area is 298 Å². The third-order valence-corrected chi connectivity index (χ3v) is 14.9. The first-order chi connectivity index (χ1) is 23.3. The van der Waals surface area contributed by atoms with E-state index < -0.39 is 5.97 Å². The van der Waals surface area contributed by atoms with E-state index in [1.165, 1.54) is 62.6 Å². The van der Waals surface area contributed by atoms with Gasteiger partial charge in [-0.3, -0.25) is 19.8 Å². The zero-order valence-corrected chi connectivity index (χ0v) is 29.8. The number of likely N-dealkylation sites (tertiary alicyclic amines) is 1. The van der Waals surface area contributed by atoms with Crippen molar-refractivity contribution in [1.29, 1.82) is 0 Å². The number of carbonyl (C=O) groups is 2. The Balaban J connectivity index is 0.927. The number of nitrogens with zero attached hydrogens (tertiary/aromatic N) is 5. The summed E-state index contributed by atoms with van der Waals surface area (Å²) in [5.74, 6) is 3.57. The summed E-state index contributed by atoms with van der Waals surface area (Å²) >= 11 is 16.1. The largest absolute Gasteiger partial charge is 0.481 e. The maximum atomic E-state index is 13.5. The van der Waals surface area contributed by atoms with Gasteiger partial charge in [0.2, 0.25) is 0 Å². The Kier molecular flexibility index (Phi) is 8.15. The molecule has 2 unspecified atom stereocenters. The van der Waals surface area contributed by atoms with E-state index in [1.54, 1.807) is 17.4 Å². The van der Waals surface area contributed by atoms with Crippen molar-refractivity contribution in [2.45, 2.75) is 63.5 Å². The van der Waals surface area contributed by atoms with Crippen LogP contribution in [0.3, 0.4) is 0 Å². The van der Waals surface area contributed by atoms with E-state index in [-0.39, 0.29) is 11.8 Å². The maximum absolute atomic E-state index is 13.5. The normalized spacial score (nSPS) is 31.5. The topological polar surface area (TPSA) is 102 Å². The molecule has 0 radical (unpaired) electrons. The minimum atomic E-state index is -0.761. The number of halogens is 2. The zero-order valence-electron chi connectivity index (χ0n) is 26.7. The van der Waals surface area contributed by atoms with Gasteiger partial charge in [0.25, 0.3) is 5.91 Å². The number of thiazole rings is 1. The number of pyridine rings is 1. The van der Waals surface area contributed by atoms with E-state index in [0.717, 1.165) is 58.4 Å². The maximum Gasteiger partial charge on any atom is 0.306 e. The van der Waals surface area contributed by atoms with Gasteiger partial charge < -0.3 is 14.9 Å². The first-order valence-electron chi connectivity index (χ1n) is 17.5. The molecule has 48 heavy (non-hydrogen) atoms. The Morgan fingerprint density at radius 3 is 2.33 bits per heavy atom. The van der Waals surface area contributed by atoms with Crippen LogP contribution in [0.2, 0.25) is 10.0 Å². The van der Waals surface area contributed by atoms with Crippen molar-refractivity contribution in [2.24, 2.45) is 35.5 Å². The van der Waals surface area contributed by atoms with Gasteiger partial charge in [0.1, 0.15) is 16.5 Å². The van der Waals surface area contributed by atoms with Gasteiger partial charge in [-0.25, -0.2) is 9.97 Å². The zero-order chi connectivity index (χ0) is 32.7. The Morgan fingerprint density at radius 1 is 0.917 bits per heavy atom. The number of hydrogen-bond donors (Lipinski definition) is 2. The van der Waals surface area contributed by atoms with Gasteiger partial charge in [-0.1, -0.05) is 34.5 Å². The number of rotatable bonds is 7. The number of carbonyl (C=O) groups excluding carboxylic acids is 1. The molecule has 0 aromatic carbocycles. The van der Waals surface area contributed by atoms with Gasteiger partial charge >= 0.3 is 5.97 Å². The van der Waals surface area contributed by atoms with E-state index in [4.69, 9.17) is 28.2 Å². The van der Waals surface area contributed by atoms with E-state index in [1.807, 2.05) is 16.3 Å². The highest BCUT2D eigenvalue weighted by molar-refractivity contribution is 7.21. The summed E-state index contributed by atoms with van der Waals surface area (Å²) in [6.45, 7) is 4.38. The van der Waals surface area contributed by atoms with Crippen LogP contribution < -0.4 is 15.1 Å². The minimum Gasteiger partial charge on any atom is -0.481 e. The third kappa shape index (κ3) is 5.61. The second-order valence-corrected chi connectivity index (χ2v) is 17.8. The molecular weight excluding hydrogens is 687 g/mol. The number of fused-ring (bicyclic) bond motifs is 1. The molecule has 0 spiro atoms. The average molecular weight is 728 g/mol. The van der Waals surface area contributed by atoms with Gasteiger partial charge in [0.05, 0.1) is 26.4 Å². The molecule has 3 aromatic heterocycles. The first-order valence-corrected chi connectivity index (χ1v) is 19.9. The Hall–Kier alpha value is -2.44. The lowest BCUT2D eigenvalue weighted by atomic mass is 9.54. The summed E-state index contributed by atoms with van der Waals surface area (Å²) in [6.07, 6.45) is 11.2. The monoisotopic (exact) mass is 726 g/mol. The second-order valence-electron chi connectivity index (χ2n) is 15.1. The molecule has 3 saturated heterocycles. The smallest absolute Gasteiger partial charge is 0.306 e. The summed E-state index contributed by atoms with van der Waals surface area (Å²) in [5, 5.41) is 17.0. The van der Waals surface area contributed by atoms with E-state index in [9.17, 15) is 14.7 Å². The summed E-state index contributed by atoms with van der Waals surface area (Å²) < 4.78 is 0. The highest BCUT2D eigenvalue weighted by Crippen LogP contribution is 2.57. The van der Waals surface area contributed by atoms with Gasteiger partial charge in [-0.15, -0.1) is 11.3 Å². The van der Waals surface area contributed by atoms with Crippen molar-refractivity contribution >= 4 is 73.7 Å². The lowest BCUT2D eigenvalue weighted by Crippen LogP contribution is -2.57. The number of aliphatic carboxylic acids is 1. The van der Waals surface area contributed by atoms with Crippen LogP contribution in [-0.2, 0) is 4.79 Å². The molecule has 6 heterocycles. The van der Waals surface area contributed by atoms with Crippen LogP contribution in [0.1, 0.15) is 61.7 Å². The summed E-state index contributed by atoms with van der Waals surface area (Å²) in [6, 6.07) is 4.95. The summed E-state index contributed by atoms with van der Waals surface area (Å²) in [5.41, 5.74) is 1.23. The number of nitrogens with one attached hydrogen (secondary N) is 1. The highest BCUT2D eigenvalue weighted by atomic mass is 35.5. The van der Waals surface area contributed by atoms with Crippen molar-refractivity contribution in [3.8, 4) is 10.6 Å². The number of aromatic nitrogens is 2. The molecule has 2 N–H and O–H groups in total. The van der Waals surface area contributed by atoms with Crippen LogP contribution in [0.5, 0.6) is 0 Å². The van der Waals surface area contributed by atoms with Crippen LogP contribution in [-0.4, -0.2) is 76.7 Å². The predicted molar refractivity (Wildman–Crippen MR) is 192 cm³/mol. The quantitative estimate of drug-likeness (QED) is 0.259. The fourth-order valence-electron chi connectivity index (χ4n) is 10.4. The molecule has 10 rings (SSSR count). The minimum absolute atomic E-state index is 0.317. The molecule has 3 aliphatic heterocycles. The molecule has 9 nitrogen and oxygen atoms in total. The summed E-state index contributed by atoms with van der Waals surface area (Å²) in [4.78, 5) is 42.8. The number of hydrogen-bond acceptors (Lipinski definition) is 9. The Morgan fingerprint density at radius 2 is 1.67 bits per heavy atom. The molecule has 2 atom stereocenters. The Bertz CT molecular complexity index is 1710. The predicted octanol–water partition coefficient (Wildman–Crippen LogP) is 7.46. The molecule has 7 aliphatic rings. The molecule has 4 bridgehead atoms. The SMILES string of the molecule is O=C(Nc1nc(-c2cc(Cl)cs2)c(N2CC3CCN(C4[C@H]5C[C@@H]6C[C@@H](C[C@H]4C6)C5)C3C2)s1)c1cnc(N2CCC(C(=O)O)CC2)c(Cl)c1. The second kappa shape index (κ2) is 12.4. The number of anilines is 3. The van der Waals surface area contributed by atoms with Crippen molar-refractivity contribution in [3.63, 3.8) is 0 Å². The molecule has 13 heteroatoms. The van der Waals surface area contributed by atoms with Crippen molar-refractivity contribution in [2.75, 3.05) is 47.8 Å². The number of carboxylic acid groups (broad SMARTS) is 1. The van der Waals surface area contributed by atoms with Gasteiger partial charge in [-0.05, 0) is 99.6 Å². The average Bonchev–Trinajstić information content (AvgIpc) is 3.85. The summed E-state index contributed by atoms with van der Waals surface area (Å²) in [7, 11) is 0. The molecule has 3 aromatic rings. The first kappa shape index (κ1) is 31.5. The molecule has 4 saturated carbocycles. The molecular formula is C35H40Cl2N6O3S2. The van der Waals surface area contributed by atoms with Gasteiger partial charge in [-0.2, -0.15) is 0 Å². The molecule has 4 aliphatic carbocycles. The lowest BCUT2D eigenvalue weighted by molar-refractivity contribution is -0.142.